The Morgan fingerprint density at radius 1 is 1.86 bits per heavy atom. The predicted octanol–water partition coefficient (Wildman–Crippen LogP) is -0.712. The van der Waals surface area contributed by atoms with Crippen LogP contribution in [-0.4, -0.2) is 24.7 Å². The zero-order valence-corrected chi connectivity index (χ0v) is 9.77. The molecule has 38 valence electrons. The summed E-state index contributed by atoms with van der Waals surface area (Å²) in [6.45, 7) is 0.0417. The Morgan fingerprint density at radius 2 is 2.29 bits per heavy atom. The molecular formula is C3H7HgNO2. The Bertz CT molecular complexity index is 56.9. The number of nitrogens with one attached hydrogen (secondary N) is 1. The van der Waals surface area contributed by atoms with Gasteiger partial charge in [-0.3, -0.25) is 4.79 Å². The third kappa shape index (κ3) is 10.7. The van der Waals surface area contributed by atoms with Crippen LogP contribution in [0, 0.1) is 0 Å². The number of carboxylic acid groups (broad SMARTS) is 1. The van der Waals surface area contributed by atoms with Gasteiger partial charge in [-0.1, -0.05) is 0 Å². The summed E-state index contributed by atoms with van der Waals surface area (Å²) in [5.41, 5.74) is 0. The minimum atomic E-state index is -0.822. The van der Waals surface area contributed by atoms with Gasteiger partial charge in [0.15, 0.2) is 0 Å². The first-order valence-corrected chi connectivity index (χ1v) is 1.63. The maximum atomic E-state index is 9.54. The molecule has 2 N–H and O–H groups in total. The maximum absolute atomic E-state index is 9.54. The SMILES string of the molecule is CNCC(=O)O.[Hg]. The fourth-order valence-electron chi connectivity index (χ4n) is 0.151. The minimum absolute atomic E-state index is 0. The van der Waals surface area contributed by atoms with Crippen LogP contribution < -0.4 is 5.32 Å². The van der Waals surface area contributed by atoms with E-state index in [1.165, 1.54) is 0 Å². The zero-order valence-electron chi connectivity index (χ0n) is 4.27. The third-order valence-electron chi connectivity index (χ3n) is 0.328. The molecule has 0 saturated carbocycles. The van der Waals surface area contributed by atoms with Crippen molar-refractivity contribution in [3.63, 3.8) is 0 Å². The first-order chi connectivity index (χ1) is 2.77. The number of carbonyl (C=O) groups is 1. The zero-order chi connectivity index (χ0) is 4.99. The molecule has 0 atom stereocenters. The van der Waals surface area contributed by atoms with Gasteiger partial charge in [0.05, 0.1) is 6.54 Å². The van der Waals surface area contributed by atoms with E-state index < -0.39 is 5.97 Å². The smallest absolute Gasteiger partial charge is 0.317 e. The molecule has 0 aliphatic rings. The third-order valence-corrected chi connectivity index (χ3v) is 0.328. The first kappa shape index (κ1) is 10.4. The molecule has 0 unspecified atom stereocenters. The van der Waals surface area contributed by atoms with E-state index in [9.17, 15) is 4.79 Å². The van der Waals surface area contributed by atoms with Gasteiger partial charge in [-0.25, -0.2) is 0 Å². The summed E-state index contributed by atoms with van der Waals surface area (Å²) >= 11 is 0. The monoisotopic (exact) mass is 291 g/mol. The predicted molar refractivity (Wildman–Crippen MR) is 21.6 cm³/mol. The molecule has 3 nitrogen and oxygen atoms in total. The molecule has 7 heavy (non-hydrogen) atoms. The van der Waals surface area contributed by atoms with Crippen LogP contribution in [0.15, 0.2) is 0 Å². The molecule has 0 aromatic carbocycles. The van der Waals surface area contributed by atoms with Crippen LogP contribution >= 0.6 is 0 Å². The van der Waals surface area contributed by atoms with E-state index in [4.69, 9.17) is 5.11 Å². The van der Waals surface area contributed by atoms with E-state index in [1.54, 1.807) is 7.05 Å². The number of rotatable bonds is 2. The van der Waals surface area contributed by atoms with Gasteiger partial charge in [-0.15, -0.1) is 0 Å². The summed E-state index contributed by atoms with van der Waals surface area (Å²) in [6, 6.07) is 0. The van der Waals surface area contributed by atoms with Gasteiger partial charge in [-0.05, 0) is 7.05 Å². The normalized spacial score (nSPS) is 7.00. The second-order valence-corrected chi connectivity index (χ2v) is 0.924. The molecule has 0 aromatic rings. The molecule has 0 bridgehead atoms. The fourth-order valence-corrected chi connectivity index (χ4v) is 0.151. The van der Waals surface area contributed by atoms with Crippen molar-refractivity contribution < 1.29 is 37.6 Å². The molecule has 0 aliphatic carbocycles. The Hall–Kier alpha value is 0.365. The molecule has 0 aromatic heterocycles. The van der Waals surface area contributed by atoms with E-state index in [-0.39, 0.29) is 34.2 Å². The van der Waals surface area contributed by atoms with Crippen molar-refractivity contribution in [1.82, 2.24) is 5.32 Å². The molecule has 4 heteroatoms. The summed E-state index contributed by atoms with van der Waals surface area (Å²) in [4.78, 5) is 9.54. The molecule has 0 spiro atoms. The van der Waals surface area contributed by atoms with Crippen molar-refractivity contribution in [3.8, 4) is 0 Å². The maximum Gasteiger partial charge on any atom is 0.317 e. The van der Waals surface area contributed by atoms with Crippen LogP contribution in [0.2, 0.25) is 0 Å². The Morgan fingerprint density at radius 3 is 2.29 bits per heavy atom. The summed E-state index contributed by atoms with van der Waals surface area (Å²) in [5.74, 6) is -0.822. The second kappa shape index (κ2) is 6.37. The Balaban J connectivity index is 0. The molecule has 0 amide bonds. The first-order valence-electron chi connectivity index (χ1n) is 1.63. The summed E-state index contributed by atoms with van der Waals surface area (Å²) in [7, 11) is 1.59. The molecule has 0 rings (SSSR count). The number of hydrogen-bond donors (Lipinski definition) is 2. The van der Waals surface area contributed by atoms with E-state index in [0.717, 1.165) is 0 Å². The van der Waals surface area contributed by atoms with Crippen LogP contribution in [-0.2, 0) is 32.5 Å². The van der Waals surface area contributed by atoms with Crippen LogP contribution in [0.25, 0.3) is 0 Å². The fraction of sp³-hybridized carbons (Fsp3) is 0.667. The molecule has 0 fully saturated rings. The van der Waals surface area contributed by atoms with Gasteiger partial charge in [0.25, 0.3) is 0 Å². The number of carboxylic acids is 1. The molecule has 0 saturated heterocycles. The van der Waals surface area contributed by atoms with Crippen molar-refractivity contribution in [2.24, 2.45) is 0 Å². The molecule has 0 heterocycles. The Kier molecular flexibility index (Phi) is 9.43. The van der Waals surface area contributed by atoms with E-state index in [2.05, 4.69) is 5.32 Å². The van der Waals surface area contributed by atoms with Crippen LogP contribution in [0.4, 0.5) is 0 Å². The summed E-state index contributed by atoms with van der Waals surface area (Å²) < 4.78 is 0. The second-order valence-electron chi connectivity index (χ2n) is 0.924. The van der Waals surface area contributed by atoms with Crippen LogP contribution in [0.3, 0.4) is 0 Å². The minimum Gasteiger partial charge on any atom is -0.480 e. The number of aliphatic carboxylic acids is 1. The molecule has 0 aliphatic heterocycles. The average molecular weight is 290 g/mol. The summed E-state index contributed by atoms with van der Waals surface area (Å²) in [5, 5.41) is 10.3. The van der Waals surface area contributed by atoms with E-state index in [1.807, 2.05) is 0 Å². The van der Waals surface area contributed by atoms with E-state index in [0.29, 0.717) is 0 Å². The van der Waals surface area contributed by atoms with Crippen molar-refractivity contribution in [2.45, 2.75) is 0 Å². The van der Waals surface area contributed by atoms with E-state index >= 15 is 0 Å². The van der Waals surface area contributed by atoms with Gasteiger partial charge in [0.1, 0.15) is 0 Å². The average Bonchev–Trinajstić information content (AvgIpc) is 1.35. The number of hydrogen-bond acceptors (Lipinski definition) is 2. The topological polar surface area (TPSA) is 49.3 Å². The quantitative estimate of drug-likeness (QED) is 0.660. The molecule has 0 radical (unpaired) electrons. The standard InChI is InChI=1S/C3H7NO2.Hg/c1-4-2-3(5)6;/h4H,2H2,1H3,(H,5,6);. The van der Waals surface area contributed by atoms with Gasteiger partial charge < -0.3 is 10.4 Å². The van der Waals surface area contributed by atoms with Crippen molar-refractivity contribution in [2.75, 3.05) is 13.6 Å². The van der Waals surface area contributed by atoms with Crippen molar-refractivity contribution >= 4 is 5.97 Å². The Labute approximate surface area is 62.6 Å². The largest absolute Gasteiger partial charge is 0.480 e. The van der Waals surface area contributed by atoms with Gasteiger partial charge in [0.2, 0.25) is 0 Å². The van der Waals surface area contributed by atoms with Crippen LogP contribution in [0.1, 0.15) is 0 Å². The van der Waals surface area contributed by atoms with Gasteiger partial charge in [0, 0.05) is 27.7 Å². The summed E-state index contributed by atoms with van der Waals surface area (Å²) in [6.07, 6.45) is 0. The van der Waals surface area contributed by atoms with Crippen molar-refractivity contribution in [3.05, 3.63) is 0 Å². The molecular weight excluding hydrogens is 283 g/mol. The van der Waals surface area contributed by atoms with Gasteiger partial charge >= 0.3 is 5.97 Å². The number of likely N-dealkylation sites (N-methyl/N-ethyl adjacent to an activating group) is 1. The van der Waals surface area contributed by atoms with Crippen molar-refractivity contribution in [1.29, 1.82) is 0 Å². The van der Waals surface area contributed by atoms with Gasteiger partial charge in [-0.2, -0.15) is 0 Å². The van der Waals surface area contributed by atoms with Crippen LogP contribution in [0.5, 0.6) is 0 Å².